The molecule has 0 bridgehead atoms. The van der Waals surface area contributed by atoms with Gasteiger partial charge in [-0.2, -0.15) is 14.6 Å². The summed E-state index contributed by atoms with van der Waals surface area (Å²) in [5.74, 6) is 1.59. The van der Waals surface area contributed by atoms with Crippen molar-refractivity contribution >= 4 is 11.6 Å². The Kier molecular flexibility index (Phi) is 4.54. The summed E-state index contributed by atoms with van der Waals surface area (Å²) in [7, 11) is 0. The molecule has 1 aliphatic rings. The minimum absolute atomic E-state index is 0.328. The van der Waals surface area contributed by atoms with Crippen molar-refractivity contribution < 1.29 is 4.74 Å². The van der Waals surface area contributed by atoms with E-state index in [1.54, 1.807) is 4.52 Å². The van der Waals surface area contributed by atoms with E-state index in [4.69, 9.17) is 4.74 Å². The molecule has 0 saturated carbocycles. The number of nitrogens with one attached hydrogen (secondary N) is 1. The quantitative estimate of drug-likeness (QED) is 0.841. The molecule has 3 heterocycles. The van der Waals surface area contributed by atoms with Crippen LogP contribution in [0.5, 0.6) is 0 Å². The van der Waals surface area contributed by atoms with Crippen molar-refractivity contribution in [1.82, 2.24) is 24.5 Å². The van der Waals surface area contributed by atoms with Crippen molar-refractivity contribution in [2.75, 3.05) is 31.5 Å². The maximum absolute atomic E-state index is 5.76. The lowest BCUT2D eigenvalue weighted by Crippen LogP contribution is -2.45. The van der Waals surface area contributed by atoms with E-state index in [9.17, 15) is 0 Å². The van der Waals surface area contributed by atoms with E-state index in [0.29, 0.717) is 18.0 Å². The number of ether oxygens (including phenoxy) is 1. The molecule has 2 aromatic rings. The lowest BCUT2D eigenvalue weighted by molar-refractivity contribution is -0.0678. The molecule has 1 saturated heterocycles. The van der Waals surface area contributed by atoms with Gasteiger partial charge in [0, 0.05) is 37.9 Å². The van der Waals surface area contributed by atoms with Crippen LogP contribution in [0.25, 0.3) is 5.78 Å². The normalized spacial score (nSPS) is 23.0. The van der Waals surface area contributed by atoms with E-state index in [1.165, 1.54) is 6.33 Å². The van der Waals surface area contributed by atoms with Crippen molar-refractivity contribution in [2.24, 2.45) is 0 Å². The molecule has 1 fully saturated rings. The first-order chi connectivity index (χ1) is 10.6. The fourth-order valence-electron chi connectivity index (χ4n) is 3.04. The van der Waals surface area contributed by atoms with E-state index >= 15 is 0 Å². The molecule has 2 aromatic heterocycles. The van der Waals surface area contributed by atoms with Crippen molar-refractivity contribution in [3.8, 4) is 0 Å². The second kappa shape index (κ2) is 6.58. The third kappa shape index (κ3) is 3.53. The van der Waals surface area contributed by atoms with Gasteiger partial charge in [0.25, 0.3) is 5.78 Å². The third-order valence-corrected chi connectivity index (χ3v) is 3.83. The Labute approximate surface area is 130 Å². The summed E-state index contributed by atoms with van der Waals surface area (Å²) in [6.07, 6.45) is 3.27. The number of hydrogen-bond acceptors (Lipinski definition) is 6. The molecular weight excluding hydrogens is 280 g/mol. The zero-order chi connectivity index (χ0) is 15.5. The minimum atomic E-state index is 0.328. The highest BCUT2D eigenvalue weighted by atomic mass is 16.5. The van der Waals surface area contributed by atoms with Crippen molar-refractivity contribution in [3.63, 3.8) is 0 Å². The summed E-state index contributed by atoms with van der Waals surface area (Å²) in [5.41, 5.74) is 0.943. The average Bonchev–Trinajstić information content (AvgIpc) is 2.90. The summed E-state index contributed by atoms with van der Waals surface area (Å²) >= 11 is 0. The van der Waals surface area contributed by atoms with Gasteiger partial charge in [0.15, 0.2) is 0 Å². The highest BCUT2D eigenvalue weighted by molar-refractivity contribution is 5.44. The SMILES string of the molecule is Cc1cc(NCCCN2C[C@@H](C)O[C@@H](C)C2)n2ncnc2n1. The molecule has 2 atom stereocenters. The Balaban J connectivity index is 1.51. The van der Waals surface area contributed by atoms with Crippen LogP contribution >= 0.6 is 0 Å². The van der Waals surface area contributed by atoms with Crippen LogP contribution < -0.4 is 5.32 Å². The molecule has 0 radical (unpaired) electrons. The lowest BCUT2D eigenvalue weighted by Gasteiger charge is -2.35. The lowest BCUT2D eigenvalue weighted by atomic mass is 10.2. The van der Waals surface area contributed by atoms with Gasteiger partial charge in [0.05, 0.1) is 12.2 Å². The van der Waals surface area contributed by atoms with Gasteiger partial charge in [-0.25, -0.2) is 4.98 Å². The topological polar surface area (TPSA) is 67.6 Å². The van der Waals surface area contributed by atoms with Crippen LogP contribution in [-0.4, -0.2) is 62.9 Å². The van der Waals surface area contributed by atoms with Crippen LogP contribution in [0.3, 0.4) is 0 Å². The summed E-state index contributed by atoms with van der Waals surface area (Å²) in [6, 6.07) is 2.00. The monoisotopic (exact) mass is 304 g/mol. The predicted molar refractivity (Wildman–Crippen MR) is 85.1 cm³/mol. The van der Waals surface area contributed by atoms with Crippen LogP contribution in [0.1, 0.15) is 26.0 Å². The highest BCUT2D eigenvalue weighted by Crippen LogP contribution is 2.12. The van der Waals surface area contributed by atoms with Crippen LogP contribution in [0.15, 0.2) is 12.4 Å². The molecule has 7 nitrogen and oxygen atoms in total. The summed E-state index contributed by atoms with van der Waals surface area (Å²) in [6.45, 7) is 10.3. The fourth-order valence-corrected chi connectivity index (χ4v) is 3.04. The van der Waals surface area contributed by atoms with Gasteiger partial charge in [0.2, 0.25) is 0 Å². The second-order valence-corrected chi connectivity index (χ2v) is 6.05. The average molecular weight is 304 g/mol. The maximum Gasteiger partial charge on any atom is 0.254 e. The number of anilines is 1. The number of rotatable bonds is 5. The van der Waals surface area contributed by atoms with Crippen LogP contribution in [0, 0.1) is 6.92 Å². The van der Waals surface area contributed by atoms with E-state index < -0.39 is 0 Å². The molecule has 120 valence electrons. The number of nitrogens with zero attached hydrogens (tertiary/aromatic N) is 5. The van der Waals surface area contributed by atoms with E-state index in [0.717, 1.165) is 44.1 Å². The first-order valence-corrected chi connectivity index (χ1v) is 7.91. The van der Waals surface area contributed by atoms with Gasteiger partial charge in [-0.1, -0.05) is 0 Å². The zero-order valence-electron chi connectivity index (χ0n) is 13.5. The van der Waals surface area contributed by atoms with Gasteiger partial charge in [-0.15, -0.1) is 0 Å². The van der Waals surface area contributed by atoms with Gasteiger partial charge in [-0.3, -0.25) is 4.90 Å². The minimum Gasteiger partial charge on any atom is -0.373 e. The standard InChI is InChI=1S/C15H24N6O/c1-11-7-14(21-15(19-11)17-10-18-21)16-5-4-6-20-8-12(2)22-13(3)9-20/h7,10,12-13,16H,4-6,8-9H2,1-3H3/t12-,13+. The van der Waals surface area contributed by atoms with Gasteiger partial charge in [-0.05, 0) is 27.2 Å². The predicted octanol–water partition coefficient (Wildman–Crippen LogP) is 1.34. The van der Waals surface area contributed by atoms with E-state index in [1.807, 2.05) is 13.0 Å². The third-order valence-electron chi connectivity index (χ3n) is 3.83. The Morgan fingerprint density at radius 2 is 2.09 bits per heavy atom. The number of aromatic nitrogens is 4. The first-order valence-electron chi connectivity index (χ1n) is 7.91. The van der Waals surface area contributed by atoms with Crippen molar-refractivity contribution in [1.29, 1.82) is 0 Å². The van der Waals surface area contributed by atoms with Crippen LogP contribution in [0.4, 0.5) is 5.82 Å². The Hall–Kier alpha value is -1.73. The van der Waals surface area contributed by atoms with Gasteiger partial charge < -0.3 is 10.1 Å². The van der Waals surface area contributed by atoms with Gasteiger partial charge >= 0.3 is 0 Å². The summed E-state index contributed by atoms with van der Waals surface area (Å²) in [4.78, 5) is 11.0. The molecule has 0 aromatic carbocycles. The largest absolute Gasteiger partial charge is 0.373 e. The number of hydrogen-bond donors (Lipinski definition) is 1. The molecule has 0 amide bonds. The molecule has 7 heteroatoms. The molecule has 0 unspecified atom stereocenters. The smallest absolute Gasteiger partial charge is 0.254 e. The number of aryl methyl sites for hydroxylation is 1. The number of fused-ring (bicyclic) bond motifs is 1. The fraction of sp³-hybridized carbons (Fsp3) is 0.667. The molecule has 1 N–H and O–H groups in total. The first kappa shape index (κ1) is 15.2. The molecule has 22 heavy (non-hydrogen) atoms. The van der Waals surface area contributed by atoms with Crippen LogP contribution in [0.2, 0.25) is 0 Å². The van der Waals surface area contributed by atoms with Gasteiger partial charge in [0.1, 0.15) is 12.1 Å². The van der Waals surface area contributed by atoms with Crippen molar-refractivity contribution in [2.45, 2.75) is 39.4 Å². The molecule has 0 aliphatic carbocycles. The highest BCUT2D eigenvalue weighted by Gasteiger charge is 2.21. The van der Waals surface area contributed by atoms with Crippen LogP contribution in [-0.2, 0) is 4.74 Å². The van der Waals surface area contributed by atoms with Crippen molar-refractivity contribution in [3.05, 3.63) is 18.1 Å². The molecule has 1 aliphatic heterocycles. The second-order valence-electron chi connectivity index (χ2n) is 6.05. The number of morpholine rings is 1. The summed E-state index contributed by atoms with van der Waals surface area (Å²) < 4.78 is 7.50. The Morgan fingerprint density at radius 1 is 1.32 bits per heavy atom. The van der Waals surface area contributed by atoms with E-state index in [2.05, 4.69) is 39.1 Å². The maximum atomic E-state index is 5.76. The molecule has 0 spiro atoms. The Morgan fingerprint density at radius 3 is 2.86 bits per heavy atom. The Bertz CT molecular complexity index is 618. The molecule has 3 rings (SSSR count). The zero-order valence-corrected chi connectivity index (χ0v) is 13.5. The molecular formula is C15H24N6O. The van der Waals surface area contributed by atoms with E-state index in [-0.39, 0.29) is 0 Å². The summed E-state index contributed by atoms with van der Waals surface area (Å²) in [5, 5.41) is 7.64.